The van der Waals surface area contributed by atoms with Crippen molar-refractivity contribution in [1.82, 2.24) is 45.0 Å². The minimum Gasteiger partial charge on any atom is -0.464 e. The first-order valence-corrected chi connectivity index (χ1v) is 26.0. The number of cyclic esters (lactones) is 1. The number of ether oxygens (including phenoxy) is 4. The lowest BCUT2D eigenvalue weighted by Gasteiger charge is -2.37. The fourth-order valence-corrected chi connectivity index (χ4v) is 11.6. The summed E-state index contributed by atoms with van der Waals surface area (Å²) in [6.07, 6.45) is 2.72. The van der Waals surface area contributed by atoms with Gasteiger partial charge >= 0.3 is 18.0 Å². The zero-order valence-corrected chi connectivity index (χ0v) is 43.3. The number of rotatable bonds is 9. The summed E-state index contributed by atoms with van der Waals surface area (Å²) >= 11 is 1.23. The number of benzene rings is 1. The Balaban J connectivity index is 1.11. The Hall–Kier alpha value is -5.74. The van der Waals surface area contributed by atoms with Crippen molar-refractivity contribution >= 4 is 57.8 Å². The largest absolute Gasteiger partial charge is 0.464 e. The second-order valence-electron chi connectivity index (χ2n) is 20.6. The molecule has 5 aliphatic heterocycles. The second kappa shape index (κ2) is 21.0. The van der Waals surface area contributed by atoms with E-state index >= 15 is 4.39 Å². The number of fused-ring (bicyclic) bond motifs is 7. The monoisotopic (exact) mass is 1010 g/mol. The zero-order chi connectivity index (χ0) is 51.2. The predicted octanol–water partition coefficient (Wildman–Crippen LogP) is 5.39. The SMILES string of the molecule is CCn1c(-c2cc(N3CCOCC3)cnc2[C@H](C)OC)c2c3cc(c(F)cc31)-c1csc(n1)C[C@H](NC(=O)[C@H](C(C)C)N(C)C(=O)N1CC3COCCN3C1=O)C(=O)N1CCC[C@H](N1)C(=O)OCC(C)(C)C2. The average Bonchev–Trinajstić information content (AvgIpc) is 4.07. The van der Waals surface area contributed by atoms with Crippen LogP contribution in [0, 0.1) is 17.2 Å². The van der Waals surface area contributed by atoms with Crippen molar-refractivity contribution in [2.24, 2.45) is 11.3 Å². The topological polar surface area (TPSA) is 193 Å². The van der Waals surface area contributed by atoms with E-state index in [0.717, 1.165) is 38.5 Å². The van der Waals surface area contributed by atoms with E-state index in [1.807, 2.05) is 40.0 Å². The summed E-state index contributed by atoms with van der Waals surface area (Å²) in [6, 6.07) is 1.000. The lowest BCUT2D eigenvalue weighted by atomic mass is 9.84. The standard InChI is InChI=1S/C51H67FN10O9S/c1-9-59-41-21-37(52)34-20-33(41)36(45(59)35-19-31(58-13-16-69-17-14-58)24-53-43(35)30(4)68-8)23-51(5,6)28-71-48(65)38-11-10-12-62(56-38)47(64)39(22-42-54-40(34)27-72-42)55-46(63)44(29(2)3)57(7)49(66)61-25-32-26-70-18-15-60(32)50(61)67/h19-21,24,27,29-30,32,38-39,44,56H,9-18,22-23,25-26,28H2,1-8H3,(H,55,63)/t30-,32?,38-,39-,44-/m0/s1. The van der Waals surface area contributed by atoms with Crippen molar-refractivity contribution in [2.45, 2.75) is 104 Å². The minimum absolute atomic E-state index is 0.0318. The number of likely N-dealkylation sites (N-methyl/N-ethyl adjacent to an activating group) is 1. The Bertz CT molecular complexity index is 2720. The van der Waals surface area contributed by atoms with Crippen molar-refractivity contribution < 1.29 is 47.3 Å². The normalized spacial score (nSPS) is 22.7. The predicted molar refractivity (Wildman–Crippen MR) is 268 cm³/mol. The number of carbonyl (C=O) groups is 5. The third-order valence-electron chi connectivity index (χ3n) is 14.6. The zero-order valence-electron chi connectivity index (χ0n) is 42.5. The third-order valence-corrected chi connectivity index (χ3v) is 15.5. The van der Waals surface area contributed by atoms with Crippen LogP contribution in [0.2, 0.25) is 0 Å². The molecule has 21 heteroatoms. The molecule has 5 aliphatic rings. The number of esters is 1. The molecule has 9 rings (SSSR count). The van der Waals surface area contributed by atoms with Crippen LogP contribution in [0.15, 0.2) is 29.8 Å². The molecule has 0 spiro atoms. The number of thiazole rings is 1. The molecule has 6 amide bonds. The number of hydrogen-bond acceptors (Lipinski definition) is 14. The number of imide groups is 1. The maximum Gasteiger partial charge on any atom is 0.328 e. The maximum atomic E-state index is 16.9. The van der Waals surface area contributed by atoms with Gasteiger partial charge in [0.15, 0.2) is 0 Å². The molecular weight excluding hydrogens is 948 g/mol. The van der Waals surface area contributed by atoms with E-state index in [2.05, 4.69) is 26.3 Å². The van der Waals surface area contributed by atoms with E-state index in [1.54, 1.807) is 37.3 Å². The maximum absolute atomic E-state index is 16.9. The molecule has 388 valence electrons. The summed E-state index contributed by atoms with van der Waals surface area (Å²) in [5, 5.41) is 7.29. The van der Waals surface area contributed by atoms with Gasteiger partial charge in [0, 0.05) is 80.6 Å². The Kier molecular flexibility index (Phi) is 14.9. The highest BCUT2D eigenvalue weighted by molar-refractivity contribution is 7.10. The molecule has 4 aromatic rings. The average molecular weight is 1020 g/mol. The molecule has 0 aliphatic carbocycles. The highest BCUT2D eigenvalue weighted by atomic mass is 32.1. The fourth-order valence-electron chi connectivity index (χ4n) is 10.8. The number of amides is 6. The van der Waals surface area contributed by atoms with Crippen LogP contribution in [-0.4, -0.2) is 168 Å². The Morgan fingerprint density at radius 2 is 1.82 bits per heavy atom. The van der Waals surface area contributed by atoms with Gasteiger partial charge in [0.05, 0.1) is 91.2 Å². The number of halogens is 1. The molecule has 1 aromatic carbocycles. The Morgan fingerprint density at radius 1 is 1.06 bits per heavy atom. The van der Waals surface area contributed by atoms with Crippen LogP contribution < -0.4 is 15.6 Å². The van der Waals surface area contributed by atoms with Gasteiger partial charge in [-0.3, -0.25) is 24.4 Å². The second-order valence-corrected chi connectivity index (χ2v) is 21.5. The number of nitrogens with one attached hydrogen (secondary N) is 2. The summed E-state index contributed by atoms with van der Waals surface area (Å²) in [4.78, 5) is 86.9. The molecule has 72 heavy (non-hydrogen) atoms. The molecule has 0 radical (unpaired) electrons. The van der Waals surface area contributed by atoms with Gasteiger partial charge in [0.2, 0.25) is 5.91 Å². The third kappa shape index (κ3) is 10.0. The minimum atomic E-state index is -1.23. The van der Waals surface area contributed by atoms with Crippen molar-refractivity contribution in [3.8, 4) is 22.5 Å². The molecule has 5 atom stereocenters. The van der Waals surface area contributed by atoms with Crippen LogP contribution in [0.4, 0.5) is 19.7 Å². The highest BCUT2D eigenvalue weighted by Gasteiger charge is 2.46. The summed E-state index contributed by atoms with van der Waals surface area (Å²) in [6.45, 7) is 16.2. The van der Waals surface area contributed by atoms with E-state index < -0.39 is 65.1 Å². The number of nitrogens with zero attached hydrogens (tertiary/aromatic N) is 8. The van der Waals surface area contributed by atoms with Crippen molar-refractivity contribution in [3.63, 3.8) is 0 Å². The van der Waals surface area contributed by atoms with Crippen LogP contribution in [0.1, 0.15) is 76.8 Å². The molecular formula is C51H67FN10O9S. The lowest BCUT2D eigenvalue weighted by Crippen LogP contribution is -2.62. The number of aromatic nitrogens is 3. The molecule has 6 bridgehead atoms. The molecule has 19 nitrogen and oxygen atoms in total. The van der Waals surface area contributed by atoms with Crippen LogP contribution in [0.5, 0.6) is 0 Å². The number of anilines is 1. The van der Waals surface area contributed by atoms with Gasteiger partial charge in [0.1, 0.15) is 23.9 Å². The lowest BCUT2D eigenvalue weighted by molar-refractivity contribution is -0.155. The van der Waals surface area contributed by atoms with Crippen molar-refractivity contribution in [1.29, 1.82) is 0 Å². The van der Waals surface area contributed by atoms with Gasteiger partial charge in [0.25, 0.3) is 5.91 Å². The highest BCUT2D eigenvalue weighted by Crippen LogP contribution is 2.44. The van der Waals surface area contributed by atoms with E-state index in [9.17, 15) is 24.0 Å². The molecule has 1 unspecified atom stereocenters. The van der Waals surface area contributed by atoms with E-state index in [-0.39, 0.29) is 43.8 Å². The summed E-state index contributed by atoms with van der Waals surface area (Å²) in [5.41, 5.74) is 8.05. The number of pyridine rings is 1. The number of hydrogen-bond donors (Lipinski definition) is 2. The van der Waals surface area contributed by atoms with Gasteiger partial charge in [-0.2, -0.15) is 0 Å². The molecule has 4 fully saturated rings. The number of aryl methyl sites for hydroxylation is 1. The smallest absolute Gasteiger partial charge is 0.328 e. The first kappa shape index (κ1) is 51.2. The molecule has 3 aromatic heterocycles. The Labute approximate surface area is 423 Å². The van der Waals surface area contributed by atoms with Crippen molar-refractivity contribution in [3.05, 3.63) is 51.9 Å². The van der Waals surface area contributed by atoms with E-state index in [1.165, 1.54) is 28.3 Å². The number of morpholine rings is 2. The van der Waals surface area contributed by atoms with Crippen LogP contribution in [0.3, 0.4) is 0 Å². The number of hydrazine groups is 1. The van der Waals surface area contributed by atoms with Crippen molar-refractivity contribution in [2.75, 3.05) is 84.8 Å². The summed E-state index contributed by atoms with van der Waals surface area (Å²) in [7, 11) is 3.13. The van der Waals surface area contributed by atoms with Gasteiger partial charge < -0.3 is 43.5 Å². The molecule has 8 heterocycles. The van der Waals surface area contributed by atoms with Gasteiger partial charge in [-0.1, -0.05) is 27.7 Å². The van der Waals surface area contributed by atoms with E-state index in [4.69, 9.17) is 28.9 Å². The Morgan fingerprint density at radius 3 is 2.54 bits per heavy atom. The first-order chi connectivity index (χ1) is 34.5. The van der Waals surface area contributed by atoms with Gasteiger partial charge in [-0.15, -0.1) is 11.3 Å². The van der Waals surface area contributed by atoms with Crippen LogP contribution >= 0.6 is 11.3 Å². The first-order valence-electron chi connectivity index (χ1n) is 25.1. The molecule has 0 saturated carbocycles. The van der Waals surface area contributed by atoms with E-state index in [0.29, 0.717) is 88.1 Å². The number of carbonyl (C=O) groups excluding carboxylic acids is 5. The fraction of sp³-hybridized carbons (Fsp3) is 0.588. The van der Waals surface area contributed by atoms with Crippen LogP contribution in [0.25, 0.3) is 33.4 Å². The quantitative estimate of drug-likeness (QED) is 0.203. The summed E-state index contributed by atoms with van der Waals surface area (Å²) < 4.78 is 42.3. The van der Waals surface area contributed by atoms with Gasteiger partial charge in [-0.25, -0.2) is 29.3 Å². The van der Waals surface area contributed by atoms with Gasteiger partial charge in [-0.05, 0) is 62.8 Å². The summed E-state index contributed by atoms with van der Waals surface area (Å²) in [5.74, 6) is -2.59. The molecule has 2 N–H and O–H groups in total. The van der Waals surface area contributed by atoms with Crippen LogP contribution in [-0.2, 0) is 52.7 Å². The molecule has 4 saturated heterocycles. The number of methoxy groups -OCH3 is 1. The number of urea groups is 2.